The molecule has 28 heavy (non-hydrogen) atoms. The number of piperazine rings is 1. The minimum absolute atomic E-state index is 0.0773. The van der Waals surface area contributed by atoms with E-state index in [4.69, 9.17) is 27.9 Å². The van der Waals surface area contributed by atoms with Gasteiger partial charge in [-0.2, -0.15) is 0 Å². The lowest BCUT2D eigenvalue weighted by atomic mass is 10.1. The third-order valence-electron chi connectivity index (χ3n) is 4.51. The lowest BCUT2D eigenvalue weighted by molar-refractivity contribution is -0.139. The van der Waals surface area contributed by atoms with E-state index < -0.39 is 11.9 Å². The van der Waals surface area contributed by atoms with Gasteiger partial charge < -0.3 is 14.5 Å². The molecule has 0 aliphatic carbocycles. The second kappa shape index (κ2) is 8.80. The van der Waals surface area contributed by atoms with Gasteiger partial charge in [0.2, 0.25) is 0 Å². The summed E-state index contributed by atoms with van der Waals surface area (Å²) in [6.07, 6.45) is -0.657. The molecule has 0 radical (unpaired) electrons. The molecule has 5 nitrogen and oxygen atoms in total. The lowest BCUT2D eigenvalue weighted by Crippen LogP contribution is -2.53. The monoisotopic (exact) mass is 424 g/mol. The third kappa shape index (κ3) is 4.75. The Balaban J connectivity index is 1.56. The molecule has 0 N–H and O–H groups in total. The van der Waals surface area contributed by atoms with Crippen LogP contribution in [0.4, 0.5) is 4.39 Å². The zero-order valence-corrected chi connectivity index (χ0v) is 16.7. The number of hydrogen-bond acceptors (Lipinski definition) is 3. The maximum atomic E-state index is 13.2. The van der Waals surface area contributed by atoms with Gasteiger partial charge in [0, 0.05) is 31.2 Å². The van der Waals surface area contributed by atoms with Gasteiger partial charge in [0.1, 0.15) is 11.6 Å². The van der Waals surface area contributed by atoms with Gasteiger partial charge in [-0.25, -0.2) is 4.39 Å². The van der Waals surface area contributed by atoms with Gasteiger partial charge in [-0.05, 0) is 49.4 Å². The summed E-state index contributed by atoms with van der Waals surface area (Å²) < 4.78 is 18.8. The minimum Gasteiger partial charge on any atom is -0.481 e. The van der Waals surface area contributed by atoms with Gasteiger partial charge in [0.15, 0.2) is 6.10 Å². The van der Waals surface area contributed by atoms with Gasteiger partial charge in [-0.1, -0.05) is 23.2 Å². The Morgan fingerprint density at radius 2 is 1.61 bits per heavy atom. The number of ether oxygens (including phenoxy) is 1. The summed E-state index contributed by atoms with van der Waals surface area (Å²) in [5.74, 6) is -0.360. The molecule has 1 aliphatic rings. The Hall–Kier alpha value is -2.31. The second-order valence-corrected chi connectivity index (χ2v) is 7.30. The molecule has 1 fully saturated rings. The van der Waals surface area contributed by atoms with Crippen LogP contribution < -0.4 is 4.74 Å². The van der Waals surface area contributed by atoms with Crippen molar-refractivity contribution in [3.05, 3.63) is 63.9 Å². The van der Waals surface area contributed by atoms with Gasteiger partial charge >= 0.3 is 0 Å². The molecule has 1 unspecified atom stereocenters. The largest absolute Gasteiger partial charge is 0.481 e. The number of amides is 2. The van der Waals surface area contributed by atoms with E-state index in [0.29, 0.717) is 37.0 Å². The van der Waals surface area contributed by atoms with E-state index in [1.54, 1.807) is 41.0 Å². The summed E-state index contributed by atoms with van der Waals surface area (Å²) >= 11 is 11.8. The van der Waals surface area contributed by atoms with E-state index in [1.165, 1.54) is 12.1 Å². The van der Waals surface area contributed by atoms with Crippen molar-refractivity contribution in [1.29, 1.82) is 0 Å². The minimum atomic E-state index is -0.657. The van der Waals surface area contributed by atoms with E-state index in [-0.39, 0.29) is 22.4 Å². The molecule has 3 rings (SSSR count). The number of hydrogen-bond donors (Lipinski definition) is 0. The van der Waals surface area contributed by atoms with Crippen LogP contribution in [0.3, 0.4) is 0 Å². The fraction of sp³-hybridized carbons (Fsp3) is 0.300. The fourth-order valence-corrected chi connectivity index (χ4v) is 3.36. The van der Waals surface area contributed by atoms with E-state index in [9.17, 15) is 14.0 Å². The topological polar surface area (TPSA) is 49.9 Å². The van der Waals surface area contributed by atoms with Crippen LogP contribution in [0.1, 0.15) is 17.3 Å². The van der Waals surface area contributed by atoms with E-state index >= 15 is 0 Å². The summed E-state index contributed by atoms with van der Waals surface area (Å²) in [6.45, 7) is 3.19. The number of halogens is 3. The van der Waals surface area contributed by atoms with Gasteiger partial charge in [-0.15, -0.1) is 0 Å². The molecule has 2 aromatic rings. The molecule has 0 spiro atoms. The molecule has 1 saturated heterocycles. The smallest absolute Gasteiger partial charge is 0.263 e. The molecular formula is C20H19Cl2FN2O3. The Labute approximate surface area is 172 Å². The fourth-order valence-electron chi connectivity index (χ4n) is 2.99. The highest BCUT2D eigenvalue weighted by molar-refractivity contribution is 6.33. The average Bonchev–Trinajstić information content (AvgIpc) is 2.69. The van der Waals surface area contributed by atoms with Gasteiger partial charge in [0.25, 0.3) is 11.8 Å². The second-order valence-electron chi connectivity index (χ2n) is 6.46. The standard InChI is InChI=1S/C20H19Cl2FN2O3/c1-13(28-16-5-2-14(21)3-6-16)19(26)24-8-10-25(11-9-24)20(27)17-7-4-15(23)12-18(17)22/h2-7,12-13H,8-11H2,1H3. The molecule has 8 heteroatoms. The molecule has 148 valence electrons. The normalized spacial score (nSPS) is 15.3. The van der Waals surface area contributed by atoms with Crippen LogP contribution in [0.5, 0.6) is 5.75 Å². The SMILES string of the molecule is CC(Oc1ccc(Cl)cc1)C(=O)N1CCN(C(=O)c2ccc(F)cc2Cl)CC1. The van der Waals surface area contributed by atoms with Crippen molar-refractivity contribution in [3.63, 3.8) is 0 Å². The van der Waals surface area contributed by atoms with Crippen LogP contribution in [0.2, 0.25) is 10.0 Å². The van der Waals surface area contributed by atoms with Crippen molar-refractivity contribution in [3.8, 4) is 5.75 Å². The van der Waals surface area contributed by atoms with Crippen LogP contribution in [0.15, 0.2) is 42.5 Å². The number of benzene rings is 2. The predicted molar refractivity (Wildman–Crippen MR) is 105 cm³/mol. The summed E-state index contributed by atoms with van der Waals surface area (Å²) in [5.41, 5.74) is 0.252. The van der Waals surface area contributed by atoms with Crippen molar-refractivity contribution < 1.29 is 18.7 Å². The van der Waals surface area contributed by atoms with E-state index in [2.05, 4.69) is 0 Å². The van der Waals surface area contributed by atoms with Gasteiger partial charge in [0.05, 0.1) is 10.6 Å². The van der Waals surface area contributed by atoms with Crippen LogP contribution >= 0.6 is 23.2 Å². The summed E-state index contributed by atoms with van der Waals surface area (Å²) in [7, 11) is 0. The van der Waals surface area contributed by atoms with Crippen LogP contribution in [-0.2, 0) is 4.79 Å². The van der Waals surface area contributed by atoms with Crippen molar-refractivity contribution in [2.24, 2.45) is 0 Å². The molecule has 1 atom stereocenters. The first kappa shape index (κ1) is 20.4. The molecule has 2 aromatic carbocycles. The van der Waals surface area contributed by atoms with Crippen LogP contribution in [0.25, 0.3) is 0 Å². The average molecular weight is 425 g/mol. The molecule has 1 aliphatic heterocycles. The molecule has 1 heterocycles. The highest BCUT2D eigenvalue weighted by Gasteiger charge is 2.29. The zero-order valence-electron chi connectivity index (χ0n) is 15.2. The molecular weight excluding hydrogens is 406 g/mol. The highest BCUT2D eigenvalue weighted by Crippen LogP contribution is 2.21. The third-order valence-corrected chi connectivity index (χ3v) is 5.08. The highest BCUT2D eigenvalue weighted by atomic mass is 35.5. The maximum absolute atomic E-state index is 13.2. The van der Waals surface area contributed by atoms with Crippen molar-refractivity contribution in [1.82, 2.24) is 9.80 Å². The number of carbonyl (C=O) groups excluding carboxylic acids is 2. The number of rotatable bonds is 4. The first-order valence-electron chi connectivity index (χ1n) is 8.80. The lowest BCUT2D eigenvalue weighted by Gasteiger charge is -2.36. The number of nitrogens with zero attached hydrogens (tertiary/aromatic N) is 2. The van der Waals surface area contributed by atoms with Gasteiger partial charge in [-0.3, -0.25) is 9.59 Å². The molecule has 2 amide bonds. The van der Waals surface area contributed by atoms with Crippen LogP contribution in [-0.4, -0.2) is 53.9 Å². The molecule has 0 bridgehead atoms. The van der Waals surface area contributed by atoms with E-state index in [1.807, 2.05) is 0 Å². The Kier molecular flexibility index (Phi) is 6.42. The van der Waals surface area contributed by atoms with Crippen molar-refractivity contribution in [2.75, 3.05) is 26.2 Å². The summed E-state index contributed by atoms with van der Waals surface area (Å²) in [4.78, 5) is 28.5. The Morgan fingerprint density at radius 1 is 1.00 bits per heavy atom. The summed E-state index contributed by atoms with van der Waals surface area (Å²) in [5, 5.41) is 0.668. The summed E-state index contributed by atoms with van der Waals surface area (Å²) in [6, 6.07) is 10.5. The number of carbonyl (C=O) groups is 2. The predicted octanol–water partition coefficient (Wildman–Crippen LogP) is 3.88. The van der Waals surface area contributed by atoms with Crippen LogP contribution in [0, 0.1) is 5.82 Å². The maximum Gasteiger partial charge on any atom is 0.263 e. The first-order valence-corrected chi connectivity index (χ1v) is 9.56. The molecule has 0 saturated carbocycles. The quantitative estimate of drug-likeness (QED) is 0.747. The van der Waals surface area contributed by atoms with Crippen molar-refractivity contribution in [2.45, 2.75) is 13.0 Å². The first-order chi connectivity index (χ1) is 13.3. The van der Waals surface area contributed by atoms with E-state index in [0.717, 1.165) is 6.07 Å². The zero-order chi connectivity index (χ0) is 20.3. The molecule has 0 aromatic heterocycles. The van der Waals surface area contributed by atoms with Crippen molar-refractivity contribution >= 4 is 35.0 Å². The Morgan fingerprint density at radius 3 is 2.21 bits per heavy atom. The Bertz CT molecular complexity index is 868.